The predicted molar refractivity (Wildman–Crippen MR) is 102 cm³/mol. The smallest absolute Gasteiger partial charge is 0.321 e. The normalized spacial score (nSPS) is 12.8. The number of hydrogen-bond donors (Lipinski definition) is 3. The number of benzene rings is 1. The van der Waals surface area contributed by atoms with Crippen molar-refractivity contribution in [3.8, 4) is 0 Å². The lowest BCUT2D eigenvalue weighted by molar-refractivity contribution is -0.119. The van der Waals surface area contributed by atoms with Crippen molar-refractivity contribution >= 4 is 11.9 Å². The molecule has 0 saturated carbocycles. The fourth-order valence-electron chi connectivity index (χ4n) is 2.66. The highest BCUT2D eigenvalue weighted by molar-refractivity contribution is 5.95. The second-order valence-corrected chi connectivity index (χ2v) is 7.85. The molecule has 3 N–H and O–H groups in total. The van der Waals surface area contributed by atoms with E-state index in [-0.39, 0.29) is 24.0 Å². The Labute approximate surface area is 152 Å². The number of nitrogens with one attached hydrogen (secondary N) is 3. The van der Waals surface area contributed by atoms with Gasteiger partial charge in [0, 0.05) is 11.6 Å². The molecule has 0 aromatic heterocycles. The van der Waals surface area contributed by atoms with E-state index in [1.165, 1.54) is 5.56 Å². The molecule has 0 aliphatic carbocycles. The van der Waals surface area contributed by atoms with Gasteiger partial charge in [0.1, 0.15) is 0 Å². The summed E-state index contributed by atoms with van der Waals surface area (Å²) in [6.07, 6.45) is 2.20. The number of carbonyl (C=O) groups is 2. The number of aryl methyl sites for hydroxylation is 1. The third-order valence-corrected chi connectivity index (χ3v) is 3.77. The number of hydrogen-bond acceptors (Lipinski definition) is 3. The quantitative estimate of drug-likeness (QED) is 0.706. The maximum absolute atomic E-state index is 12.0. The fourth-order valence-corrected chi connectivity index (χ4v) is 2.66. The summed E-state index contributed by atoms with van der Waals surface area (Å²) in [5, 5.41) is 8.33. The van der Waals surface area contributed by atoms with Gasteiger partial charge in [-0.15, -0.1) is 0 Å². The molecule has 0 unspecified atom stereocenters. The van der Waals surface area contributed by atoms with Gasteiger partial charge in [-0.2, -0.15) is 0 Å². The largest absolute Gasteiger partial charge is 0.333 e. The van der Waals surface area contributed by atoms with E-state index in [1.54, 1.807) is 0 Å². The third kappa shape index (κ3) is 8.16. The summed E-state index contributed by atoms with van der Waals surface area (Å²) in [6.45, 7) is 12.1. The van der Waals surface area contributed by atoms with E-state index in [4.69, 9.17) is 0 Å². The molecule has 1 rings (SSSR count). The lowest BCUT2D eigenvalue weighted by Crippen LogP contribution is -2.50. The van der Waals surface area contributed by atoms with Crippen LogP contribution in [-0.2, 0) is 11.2 Å². The van der Waals surface area contributed by atoms with Crippen LogP contribution in [0, 0.1) is 5.92 Å². The van der Waals surface area contributed by atoms with Crippen molar-refractivity contribution in [2.24, 2.45) is 5.92 Å². The van der Waals surface area contributed by atoms with E-state index in [0.717, 1.165) is 18.4 Å². The molecule has 0 heterocycles. The van der Waals surface area contributed by atoms with Gasteiger partial charge >= 0.3 is 6.03 Å². The Kier molecular flexibility index (Phi) is 8.10. The van der Waals surface area contributed by atoms with Gasteiger partial charge in [-0.3, -0.25) is 10.1 Å². The Morgan fingerprint density at radius 3 is 2.16 bits per heavy atom. The van der Waals surface area contributed by atoms with Crippen molar-refractivity contribution in [2.75, 3.05) is 6.54 Å². The number of carbonyl (C=O) groups excluding carboxylic acids is 2. The van der Waals surface area contributed by atoms with Gasteiger partial charge in [0.25, 0.3) is 0 Å². The molecule has 5 nitrogen and oxygen atoms in total. The standard InChI is InChI=1S/C20H33N3O2/c1-7-8-15-9-11-16(12-10-15)18(14(2)3)21-13-17(24)22-19(25)23-20(4,5)6/h9-12,14,18,21H,7-8,13H2,1-6H3,(H2,22,23,24,25)/t18-/m1/s1. The summed E-state index contributed by atoms with van der Waals surface area (Å²) in [4.78, 5) is 23.7. The Balaban J connectivity index is 2.61. The van der Waals surface area contributed by atoms with Gasteiger partial charge < -0.3 is 10.6 Å². The van der Waals surface area contributed by atoms with Crippen LogP contribution in [0.4, 0.5) is 4.79 Å². The van der Waals surface area contributed by atoms with Crippen molar-refractivity contribution in [2.45, 2.75) is 66.0 Å². The summed E-state index contributed by atoms with van der Waals surface area (Å²) < 4.78 is 0. The second-order valence-electron chi connectivity index (χ2n) is 7.85. The average molecular weight is 348 g/mol. The summed E-state index contributed by atoms with van der Waals surface area (Å²) in [5.41, 5.74) is 2.10. The molecule has 1 atom stereocenters. The van der Waals surface area contributed by atoms with E-state index in [1.807, 2.05) is 20.8 Å². The zero-order chi connectivity index (χ0) is 19.0. The zero-order valence-electron chi connectivity index (χ0n) is 16.4. The molecular formula is C20H33N3O2. The number of amides is 3. The fraction of sp³-hybridized carbons (Fsp3) is 0.600. The van der Waals surface area contributed by atoms with Crippen molar-refractivity contribution < 1.29 is 9.59 Å². The van der Waals surface area contributed by atoms with E-state index in [9.17, 15) is 9.59 Å². The van der Waals surface area contributed by atoms with Crippen LogP contribution in [0.2, 0.25) is 0 Å². The first-order valence-corrected chi connectivity index (χ1v) is 9.06. The highest BCUT2D eigenvalue weighted by Crippen LogP contribution is 2.22. The van der Waals surface area contributed by atoms with Crippen LogP contribution in [0.15, 0.2) is 24.3 Å². The maximum Gasteiger partial charge on any atom is 0.321 e. The molecule has 1 aromatic rings. The van der Waals surface area contributed by atoms with E-state index in [2.05, 4.69) is 61.0 Å². The molecule has 5 heteroatoms. The predicted octanol–water partition coefficient (Wildman–Crippen LogP) is 3.55. The first-order chi connectivity index (χ1) is 11.6. The Morgan fingerprint density at radius 2 is 1.68 bits per heavy atom. The Bertz CT molecular complexity index is 559. The van der Waals surface area contributed by atoms with Gasteiger partial charge in [0.05, 0.1) is 6.54 Å². The molecule has 3 amide bonds. The molecule has 0 bridgehead atoms. The Hall–Kier alpha value is -1.88. The minimum absolute atomic E-state index is 0.0621. The van der Waals surface area contributed by atoms with Crippen LogP contribution in [0.5, 0.6) is 0 Å². The molecule has 0 fully saturated rings. The number of imide groups is 1. The van der Waals surface area contributed by atoms with Crippen LogP contribution in [0.25, 0.3) is 0 Å². The lowest BCUT2D eigenvalue weighted by Gasteiger charge is -2.24. The van der Waals surface area contributed by atoms with Crippen LogP contribution >= 0.6 is 0 Å². The SMILES string of the molecule is CCCc1ccc([C@H](NCC(=O)NC(=O)NC(C)(C)C)C(C)C)cc1. The lowest BCUT2D eigenvalue weighted by atomic mass is 9.94. The van der Waals surface area contributed by atoms with Crippen molar-refractivity contribution in [1.29, 1.82) is 0 Å². The Morgan fingerprint density at radius 1 is 1.08 bits per heavy atom. The summed E-state index contributed by atoms with van der Waals surface area (Å²) in [6, 6.07) is 8.12. The van der Waals surface area contributed by atoms with Crippen LogP contribution < -0.4 is 16.0 Å². The van der Waals surface area contributed by atoms with Gasteiger partial charge in [0.2, 0.25) is 5.91 Å². The zero-order valence-corrected chi connectivity index (χ0v) is 16.4. The molecule has 0 spiro atoms. The van der Waals surface area contributed by atoms with Crippen LogP contribution in [0.3, 0.4) is 0 Å². The molecular weight excluding hydrogens is 314 g/mol. The summed E-state index contributed by atoms with van der Waals surface area (Å²) in [5.74, 6) is -0.0109. The molecule has 0 saturated heterocycles. The van der Waals surface area contributed by atoms with Gasteiger partial charge in [-0.1, -0.05) is 51.5 Å². The minimum atomic E-state index is -0.468. The van der Waals surface area contributed by atoms with Gasteiger partial charge in [-0.05, 0) is 44.2 Å². The average Bonchev–Trinajstić information content (AvgIpc) is 2.47. The topological polar surface area (TPSA) is 70.2 Å². The molecule has 1 aromatic carbocycles. The second kappa shape index (κ2) is 9.56. The van der Waals surface area contributed by atoms with Crippen molar-refractivity contribution in [3.63, 3.8) is 0 Å². The highest BCUT2D eigenvalue weighted by atomic mass is 16.2. The third-order valence-electron chi connectivity index (χ3n) is 3.77. The molecule has 25 heavy (non-hydrogen) atoms. The van der Waals surface area contributed by atoms with E-state index < -0.39 is 6.03 Å². The van der Waals surface area contributed by atoms with E-state index >= 15 is 0 Å². The number of urea groups is 1. The van der Waals surface area contributed by atoms with Gasteiger partial charge in [-0.25, -0.2) is 4.79 Å². The van der Waals surface area contributed by atoms with Crippen LogP contribution in [0.1, 0.15) is 65.1 Å². The minimum Gasteiger partial charge on any atom is -0.333 e. The first-order valence-electron chi connectivity index (χ1n) is 9.06. The van der Waals surface area contributed by atoms with Crippen molar-refractivity contribution in [3.05, 3.63) is 35.4 Å². The van der Waals surface area contributed by atoms with Crippen LogP contribution in [-0.4, -0.2) is 24.0 Å². The molecule has 0 aliphatic heterocycles. The summed E-state index contributed by atoms with van der Waals surface area (Å²) in [7, 11) is 0. The van der Waals surface area contributed by atoms with Crippen molar-refractivity contribution in [1.82, 2.24) is 16.0 Å². The monoisotopic (exact) mass is 347 g/mol. The first kappa shape index (κ1) is 21.2. The molecule has 140 valence electrons. The van der Waals surface area contributed by atoms with E-state index in [0.29, 0.717) is 5.92 Å². The molecule has 0 aliphatic rings. The number of rotatable bonds is 7. The maximum atomic E-state index is 12.0. The highest BCUT2D eigenvalue weighted by Gasteiger charge is 2.19. The summed E-state index contributed by atoms with van der Waals surface area (Å²) >= 11 is 0. The van der Waals surface area contributed by atoms with Gasteiger partial charge in [0.15, 0.2) is 0 Å². The molecule has 0 radical (unpaired) electrons.